The first-order valence-corrected chi connectivity index (χ1v) is 9.61. The van der Waals surface area contributed by atoms with Gasteiger partial charge in [-0.05, 0) is 38.1 Å². The highest BCUT2D eigenvalue weighted by Crippen LogP contribution is 2.58. The zero-order valence-corrected chi connectivity index (χ0v) is 13.2. The van der Waals surface area contributed by atoms with Crippen LogP contribution in [0.5, 0.6) is 0 Å². The molecule has 0 amide bonds. The summed E-state index contributed by atoms with van der Waals surface area (Å²) >= 11 is 0. The normalized spacial score (nSPS) is 25.3. The van der Waals surface area contributed by atoms with Crippen LogP contribution in [-0.4, -0.2) is 24.4 Å². The van der Waals surface area contributed by atoms with Crippen molar-refractivity contribution < 1.29 is 0 Å². The third-order valence-electron chi connectivity index (χ3n) is 4.24. The zero-order valence-electron chi connectivity index (χ0n) is 12.3. The molecule has 2 aromatic carbocycles. The maximum absolute atomic E-state index is 3.70. The lowest BCUT2D eigenvalue weighted by molar-refractivity contribution is 0.506. The van der Waals surface area contributed by atoms with Gasteiger partial charge in [0.25, 0.3) is 0 Å². The van der Waals surface area contributed by atoms with E-state index in [2.05, 4.69) is 79.8 Å². The van der Waals surface area contributed by atoms with E-state index in [1.807, 2.05) is 0 Å². The highest BCUT2D eigenvalue weighted by Gasteiger charge is 2.47. The third-order valence-corrected chi connectivity index (χ3v) is 9.16. The molecule has 0 saturated carbocycles. The Balaban J connectivity index is 2.13. The maximum atomic E-state index is 3.70. The minimum absolute atomic E-state index is 0.590. The van der Waals surface area contributed by atoms with Crippen molar-refractivity contribution >= 4 is 17.9 Å². The summed E-state index contributed by atoms with van der Waals surface area (Å²) in [4.78, 5) is 0. The molecule has 0 bridgehead atoms. The maximum Gasteiger partial charge on any atom is 0.0993 e. The van der Waals surface area contributed by atoms with Crippen molar-refractivity contribution in [3.63, 3.8) is 0 Å². The van der Waals surface area contributed by atoms with E-state index in [-0.39, 0.29) is 0 Å². The molecule has 1 nitrogen and oxygen atoms in total. The molecule has 1 fully saturated rings. The Kier molecular flexibility index (Phi) is 3.92. The average Bonchev–Trinajstić information content (AvgIpc) is 2.48. The lowest BCUT2D eigenvalue weighted by atomic mass is 10.3. The highest BCUT2D eigenvalue weighted by molar-refractivity contribution is 7.89. The fourth-order valence-electron chi connectivity index (χ4n) is 3.60. The van der Waals surface area contributed by atoms with Gasteiger partial charge in [0.2, 0.25) is 0 Å². The molecule has 1 aliphatic rings. The monoisotopic (exact) mass is 284 g/mol. The number of hydrogen-bond donors (Lipinski definition) is 1. The van der Waals surface area contributed by atoms with Crippen LogP contribution in [0.15, 0.2) is 60.7 Å². The van der Waals surface area contributed by atoms with E-state index in [9.17, 15) is 0 Å². The van der Waals surface area contributed by atoms with E-state index < -0.39 is 7.26 Å². The van der Waals surface area contributed by atoms with Crippen molar-refractivity contribution in [3.8, 4) is 0 Å². The first-order chi connectivity index (χ1) is 9.71. The molecular formula is C18H23NP+. The van der Waals surface area contributed by atoms with E-state index in [4.69, 9.17) is 0 Å². The molecule has 1 saturated heterocycles. The zero-order chi connectivity index (χ0) is 14.0. The topological polar surface area (TPSA) is 12.0 Å². The fourth-order valence-corrected chi connectivity index (χ4v) is 8.46. The van der Waals surface area contributed by atoms with Gasteiger partial charge in [0, 0.05) is 12.1 Å². The second-order valence-corrected chi connectivity index (χ2v) is 9.67. The third kappa shape index (κ3) is 2.53. The van der Waals surface area contributed by atoms with Crippen LogP contribution >= 0.6 is 7.26 Å². The van der Waals surface area contributed by atoms with Crippen LogP contribution in [0.3, 0.4) is 0 Å². The SMILES string of the molecule is C[C@H]1C[P+](c2ccccc2)(c2ccccc2)C[C@H](C)N1. The number of benzene rings is 2. The molecule has 3 rings (SSSR count). The Morgan fingerprint density at radius 1 is 0.750 bits per heavy atom. The number of rotatable bonds is 2. The minimum Gasteiger partial charge on any atom is -0.305 e. The van der Waals surface area contributed by atoms with Gasteiger partial charge in [-0.25, -0.2) is 0 Å². The minimum atomic E-state index is -1.27. The lowest BCUT2D eigenvalue weighted by Crippen LogP contribution is -2.50. The van der Waals surface area contributed by atoms with E-state index in [0.29, 0.717) is 12.1 Å². The summed E-state index contributed by atoms with van der Waals surface area (Å²) in [5, 5.41) is 6.82. The standard InChI is InChI=1S/C18H23NP/c1-15-13-20(14-16(2)19-15,17-9-5-3-6-10-17)18-11-7-4-8-12-18/h3-12,15-16,19H,13-14H2,1-2H3/q+1/t15-,16-/m0/s1. The van der Waals surface area contributed by atoms with E-state index in [1.54, 1.807) is 10.6 Å². The molecule has 20 heavy (non-hydrogen) atoms. The van der Waals surface area contributed by atoms with Crippen molar-refractivity contribution in [1.29, 1.82) is 0 Å². The molecule has 1 N–H and O–H groups in total. The molecule has 104 valence electrons. The Morgan fingerprint density at radius 3 is 1.55 bits per heavy atom. The van der Waals surface area contributed by atoms with Gasteiger partial charge in [-0.3, -0.25) is 0 Å². The summed E-state index contributed by atoms with van der Waals surface area (Å²) in [6.07, 6.45) is 2.54. The Morgan fingerprint density at radius 2 is 1.15 bits per heavy atom. The Labute approximate surface area is 122 Å². The fraction of sp³-hybridized carbons (Fsp3) is 0.333. The van der Waals surface area contributed by atoms with E-state index in [0.717, 1.165) is 0 Å². The van der Waals surface area contributed by atoms with Gasteiger partial charge in [-0.2, -0.15) is 0 Å². The lowest BCUT2D eigenvalue weighted by Gasteiger charge is -2.38. The molecule has 0 radical (unpaired) electrons. The van der Waals surface area contributed by atoms with Crippen molar-refractivity contribution in [2.45, 2.75) is 25.9 Å². The number of nitrogens with one attached hydrogen (secondary N) is 1. The summed E-state index contributed by atoms with van der Waals surface area (Å²) in [5.74, 6) is 0. The van der Waals surface area contributed by atoms with Crippen molar-refractivity contribution in [2.75, 3.05) is 12.3 Å². The molecule has 0 aromatic heterocycles. The molecule has 2 heteroatoms. The van der Waals surface area contributed by atoms with Gasteiger partial charge in [0.1, 0.15) is 0 Å². The van der Waals surface area contributed by atoms with Crippen LogP contribution in [-0.2, 0) is 0 Å². The Hall–Kier alpha value is -1.17. The van der Waals surface area contributed by atoms with Gasteiger partial charge in [0.05, 0.1) is 30.2 Å². The van der Waals surface area contributed by atoms with Gasteiger partial charge in [-0.1, -0.05) is 36.4 Å². The summed E-state index contributed by atoms with van der Waals surface area (Å²) in [7, 11) is -1.27. The van der Waals surface area contributed by atoms with Gasteiger partial charge < -0.3 is 5.32 Å². The van der Waals surface area contributed by atoms with Crippen LogP contribution < -0.4 is 15.9 Å². The van der Waals surface area contributed by atoms with Crippen LogP contribution in [0.4, 0.5) is 0 Å². The molecule has 0 unspecified atom stereocenters. The summed E-state index contributed by atoms with van der Waals surface area (Å²) in [6, 6.07) is 23.6. The molecule has 2 atom stereocenters. The van der Waals surface area contributed by atoms with Gasteiger partial charge in [-0.15, -0.1) is 0 Å². The molecular weight excluding hydrogens is 261 g/mol. The number of hydrogen-bond acceptors (Lipinski definition) is 1. The first-order valence-electron chi connectivity index (χ1n) is 7.45. The summed E-state index contributed by atoms with van der Waals surface area (Å²) in [5.41, 5.74) is 0. The second-order valence-electron chi connectivity index (χ2n) is 5.97. The average molecular weight is 284 g/mol. The molecule has 1 heterocycles. The predicted molar refractivity (Wildman–Crippen MR) is 90.9 cm³/mol. The van der Waals surface area contributed by atoms with E-state index in [1.165, 1.54) is 12.3 Å². The molecule has 0 spiro atoms. The van der Waals surface area contributed by atoms with E-state index >= 15 is 0 Å². The van der Waals surface area contributed by atoms with Crippen molar-refractivity contribution in [3.05, 3.63) is 60.7 Å². The molecule has 0 aliphatic carbocycles. The largest absolute Gasteiger partial charge is 0.305 e. The van der Waals surface area contributed by atoms with Crippen LogP contribution in [0.2, 0.25) is 0 Å². The molecule has 2 aromatic rings. The summed E-state index contributed by atoms with van der Waals surface area (Å²) in [6.45, 7) is 4.66. The van der Waals surface area contributed by atoms with Crippen molar-refractivity contribution in [2.24, 2.45) is 0 Å². The highest BCUT2D eigenvalue weighted by atomic mass is 31.2. The van der Waals surface area contributed by atoms with Crippen LogP contribution in [0.25, 0.3) is 0 Å². The summed E-state index contributed by atoms with van der Waals surface area (Å²) < 4.78 is 0. The van der Waals surface area contributed by atoms with Gasteiger partial charge in [0.15, 0.2) is 0 Å². The van der Waals surface area contributed by atoms with Crippen LogP contribution in [0.1, 0.15) is 13.8 Å². The first kappa shape index (κ1) is 13.8. The van der Waals surface area contributed by atoms with Gasteiger partial charge >= 0.3 is 0 Å². The quantitative estimate of drug-likeness (QED) is 0.836. The predicted octanol–water partition coefficient (Wildman–Crippen LogP) is 3.04. The smallest absolute Gasteiger partial charge is 0.0993 e. The van der Waals surface area contributed by atoms with Crippen LogP contribution in [0, 0.1) is 0 Å². The molecule has 1 aliphatic heterocycles. The second kappa shape index (κ2) is 5.68. The van der Waals surface area contributed by atoms with Crippen molar-refractivity contribution in [1.82, 2.24) is 5.32 Å². The Bertz CT molecular complexity index is 501.